The first-order valence-corrected chi connectivity index (χ1v) is 11.2. The maximum absolute atomic E-state index is 13.3. The summed E-state index contributed by atoms with van der Waals surface area (Å²) in [6, 6.07) is 2.84. The number of aliphatic hydroxyl groups excluding tert-OH is 2. The molecule has 0 heterocycles. The predicted molar refractivity (Wildman–Crippen MR) is 112 cm³/mol. The van der Waals surface area contributed by atoms with Crippen molar-refractivity contribution in [1.29, 1.82) is 0 Å². The first-order chi connectivity index (χ1) is 14.8. The van der Waals surface area contributed by atoms with Crippen LogP contribution in [-0.4, -0.2) is 39.5 Å². The van der Waals surface area contributed by atoms with Crippen molar-refractivity contribution in [3.8, 4) is 0 Å². The third-order valence-electron chi connectivity index (χ3n) is 6.36. The van der Waals surface area contributed by atoms with E-state index in [1.807, 2.05) is 0 Å². The minimum Gasteiger partial charge on any atom is -0.481 e. The Kier molecular flexibility index (Phi) is 10.5. The van der Waals surface area contributed by atoms with Crippen LogP contribution in [0.3, 0.4) is 0 Å². The first-order valence-electron chi connectivity index (χ1n) is 11.2. The molecule has 2 rings (SSSR count). The Morgan fingerprint density at radius 3 is 2.35 bits per heavy atom. The van der Waals surface area contributed by atoms with Crippen LogP contribution < -0.4 is 0 Å². The van der Waals surface area contributed by atoms with Gasteiger partial charge in [-0.15, -0.1) is 0 Å². The minimum absolute atomic E-state index is 0.0633. The van der Waals surface area contributed by atoms with Gasteiger partial charge in [-0.05, 0) is 74.5 Å². The summed E-state index contributed by atoms with van der Waals surface area (Å²) in [7, 11) is 0. The van der Waals surface area contributed by atoms with Crippen LogP contribution in [0.5, 0.6) is 0 Å². The van der Waals surface area contributed by atoms with Crippen LogP contribution in [0.15, 0.2) is 23.4 Å². The maximum atomic E-state index is 13.3. The van der Waals surface area contributed by atoms with Crippen LogP contribution in [0.25, 0.3) is 0 Å². The summed E-state index contributed by atoms with van der Waals surface area (Å²) in [6.07, 6.45) is 4.79. The summed E-state index contributed by atoms with van der Waals surface area (Å²) < 4.78 is 26.6. The SMILES string of the molecule is O=NC1CC(O)C(CCCCCCC(=O)O)C1CCC(O)CCc1cc(F)cc(F)c1. The highest BCUT2D eigenvalue weighted by Crippen LogP contribution is 2.41. The number of unbranched alkanes of at least 4 members (excludes halogenated alkanes) is 3. The van der Waals surface area contributed by atoms with E-state index in [4.69, 9.17) is 5.11 Å². The Morgan fingerprint density at radius 1 is 1.03 bits per heavy atom. The average Bonchev–Trinajstić information content (AvgIpc) is 3.01. The molecule has 3 N–H and O–H groups in total. The van der Waals surface area contributed by atoms with Gasteiger partial charge in [0.15, 0.2) is 0 Å². The lowest BCUT2D eigenvalue weighted by Crippen LogP contribution is -2.23. The molecule has 1 aromatic carbocycles. The largest absolute Gasteiger partial charge is 0.481 e. The normalized spacial score (nSPS) is 24.3. The van der Waals surface area contributed by atoms with Crippen molar-refractivity contribution < 1.29 is 28.9 Å². The van der Waals surface area contributed by atoms with Crippen LogP contribution in [0.1, 0.15) is 69.8 Å². The van der Waals surface area contributed by atoms with E-state index in [0.717, 1.165) is 31.7 Å². The minimum atomic E-state index is -0.799. The quantitative estimate of drug-likeness (QED) is 0.289. The fraction of sp³-hybridized carbons (Fsp3) is 0.696. The Morgan fingerprint density at radius 2 is 1.71 bits per heavy atom. The smallest absolute Gasteiger partial charge is 0.303 e. The second kappa shape index (κ2) is 12.8. The molecule has 8 heteroatoms. The van der Waals surface area contributed by atoms with Gasteiger partial charge in [0, 0.05) is 12.5 Å². The van der Waals surface area contributed by atoms with Gasteiger partial charge in [0.1, 0.15) is 11.6 Å². The van der Waals surface area contributed by atoms with Crippen LogP contribution in [0.4, 0.5) is 8.78 Å². The zero-order valence-corrected chi connectivity index (χ0v) is 17.8. The highest BCUT2D eigenvalue weighted by molar-refractivity contribution is 5.66. The predicted octanol–water partition coefficient (Wildman–Crippen LogP) is 4.60. The topological polar surface area (TPSA) is 107 Å². The maximum Gasteiger partial charge on any atom is 0.303 e. The Labute approximate surface area is 181 Å². The van der Waals surface area contributed by atoms with Gasteiger partial charge in [-0.3, -0.25) is 4.79 Å². The van der Waals surface area contributed by atoms with Crippen molar-refractivity contribution in [3.63, 3.8) is 0 Å². The second-order valence-corrected chi connectivity index (χ2v) is 8.70. The first kappa shape index (κ1) is 25.3. The number of rotatable bonds is 14. The molecule has 174 valence electrons. The zero-order chi connectivity index (χ0) is 22.8. The number of nitrogens with zero attached hydrogens (tertiary/aromatic N) is 1. The van der Waals surface area contributed by atoms with E-state index in [9.17, 15) is 28.7 Å². The molecule has 1 aliphatic carbocycles. The summed E-state index contributed by atoms with van der Waals surface area (Å²) in [5.74, 6) is -2.25. The molecule has 1 fully saturated rings. The van der Waals surface area contributed by atoms with Crippen molar-refractivity contribution in [1.82, 2.24) is 0 Å². The van der Waals surface area contributed by atoms with E-state index >= 15 is 0 Å². The third-order valence-corrected chi connectivity index (χ3v) is 6.36. The molecule has 0 aromatic heterocycles. The van der Waals surface area contributed by atoms with E-state index in [2.05, 4.69) is 5.18 Å². The fourth-order valence-electron chi connectivity index (χ4n) is 4.73. The van der Waals surface area contributed by atoms with Gasteiger partial charge in [0.05, 0.1) is 18.2 Å². The van der Waals surface area contributed by atoms with Crippen molar-refractivity contribution in [2.45, 2.75) is 88.9 Å². The zero-order valence-electron chi connectivity index (χ0n) is 17.8. The lowest BCUT2D eigenvalue weighted by molar-refractivity contribution is -0.137. The number of carboxylic acid groups (broad SMARTS) is 1. The van der Waals surface area contributed by atoms with Gasteiger partial charge in [-0.2, -0.15) is 4.91 Å². The number of aliphatic carboxylic acids is 1. The van der Waals surface area contributed by atoms with Crippen molar-refractivity contribution in [3.05, 3.63) is 40.3 Å². The lowest BCUT2D eigenvalue weighted by Gasteiger charge is -2.24. The number of hydrogen-bond donors (Lipinski definition) is 3. The Hall–Kier alpha value is -1.93. The van der Waals surface area contributed by atoms with Gasteiger partial charge in [-0.25, -0.2) is 8.78 Å². The molecule has 0 saturated heterocycles. The molecule has 6 nitrogen and oxygen atoms in total. The van der Waals surface area contributed by atoms with Gasteiger partial charge in [0.25, 0.3) is 0 Å². The molecule has 0 amide bonds. The van der Waals surface area contributed by atoms with Gasteiger partial charge < -0.3 is 15.3 Å². The molecular weight excluding hydrogens is 408 g/mol. The molecule has 0 spiro atoms. The monoisotopic (exact) mass is 441 g/mol. The van der Waals surface area contributed by atoms with Crippen LogP contribution in [0.2, 0.25) is 0 Å². The molecule has 1 saturated carbocycles. The molecule has 1 aliphatic rings. The Balaban J connectivity index is 1.78. The average molecular weight is 442 g/mol. The van der Waals surface area contributed by atoms with Gasteiger partial charge in [-0.1, -0.05) is 24.4 Å². The standard InChI is InChI=1S/C23H33F2NO5/c24-16-11-15(12-17(25)13-16)7-8-18(27)9-10-19-20(22(28)14-21(19)26-31)5-3-1-2-4-6-23(29)30/h11-13,18-22,27-28H,1-10,14H2,(H,29,30). The van der Waals surface area contributed by atoms with Crippen molar-refractivity contribution in [2.75, 3.05) is 0 Å². The van der Waals surface area contributed by atoms with Crippen molar-refractivity contribution >= 4 is 5.97 Å². The van der Waals surface area contributed by atoms with E-state index in [-0.39, 0.29) is 18.3 Å². The number of aryl methyl sites for hydroxylation is 1. The van der Waals surface area contributed by atoms with Crippen LogP contribution >= 0.6 is 0 Å². The van der Waals surface area contributed by atoms with E-state index in [0.29, 0.717) is 44.1 Å². The fourth-order valence-corrected chi connectivity index (χ4v) is 4.73. The molecular formula is C23H33F2NO5. The summed E-state index contributed by atoms with van der Waals surface area (Å²) in [5.41, 5.74) is 0.487. The Bertz CT molecular complexity index is 697. The summed E-state index contributed by atoms with van der Waals surface area (Å²) in [5, 5.41) is 32.6. The number of hydrogen-bond acceptors (Lipinski definition) is 5. The molecule has 31 heavy (non-hydrogen) atoms. The highest BCUT2D eigenvalue weighted by Gasteiger charge is 2.42. The number of benzene rings is 1. The molecule has 0 radical (unpaired) electrons. The van der Waals surface area contributed by atoms with Gasteiger partial charge in [0.2, 0.25) is 0 Å². The molecule has 0 aliphatic heterocycles. The molecule has 5 unspecified atom stereocenters. The number of nitroso groups, excluding NO2 is 1. The van der Waals surface area contributed by atoms with E-state index in [1.165, 1.54) is 12.1 Å². The third kappa shape index (κ3) is 8.61. The highest BCUT2D eigenvalue weighted by atomic mass is 19.1. The van der Waals surface area contributed by atoms with E-state index < -0.39 is 35.9 Å². The van der Waals surface area contributed by atoms with Crippen molar-refractivity contribution in [2.24, 2.45) is 17.0 Å². The lowest BCUT2D eigenvalue weighted by atomic mass is 9.84. The number of carbonyl (C=O) groups is 1. The number of aliphatic hydroxyl groups is 2. The summed E-state index contributed by atoms with van der Waals surface area (Å²) in [6.45, 7) is 0. The molecule has 0 bridgehead atoms. The number of halogens is 2. The molecule has 1 aromatic rings. The van der Waals surface area contributed by atoms with Gasteiger partial charge >= 0.3 is 5.97 Å². The van der Waals surface area contributed by atoms with Crippen LogP contribution in [-0.2, 0) is 11.2 Å². The second-order valence-electron chi connectivity index (χ2n) is 8.70. The summed E-state index contributed by atoms with van der Waals surface area (Å²) in [4.78, 5) is 21.8. The van der Waals surface area contributed by atoms with E-state index in [1.54, 1.807) is 0 Å². The molecule has 5 atom stereocenters. The van der Waals surface area contributed by atoms with Crippen LogP contribution in [0, 0.1) is 28.4 Å². The number of carboxylic acids is 1. The summed E-state index contributed by atoms with van der Waals surface area (Å²) >= 11 is 0.